The van der Waals surface area contributed by atoms with E-state index in [-0.39, 0.29) is 16.9 Å². The summed E-state index contributed by atoms with van der Waals surface area (Å²) in [5.41, 5.74) is 6.76. The average Bonchev–Trinajstić information content (AvgIpc) is 2.91. The molecule has 0 aromatic heterocycles. The molecule has 0 bridgehead atoms. The van der Waals surface area contributed by atoms with Gasteiger partial charge >= 0.3 is 0 Å². The molecule has 1 fully saturated rings. The summed E-state index contributed by atoms with van der Waals surface area (Å²) >= 11 is 5.56. The maximum Gasteiger partial charge on any atom is 0.142 e. The summed E-state index contributed by atoms with van der Waals surface area (Å²) in [5, 5.41) is 0.159. The van der Waals surface area contributed by atoms with Crippen molar-refractivity contribution in [3.05, 3.63) is 34.6 Å². The lowest BCUT2D eigenvalue weighted by molar-refractivity contribution is 0.602. The molecule has 1 aliphatic carbocycles. The summed E-state index contributed by atoms with van der Waals surface area (Å²) in [6, 6.07) is 4.78. The van der Waals surface area contributed by atoms with E-state index in [0.29, 0.717) is 5.92 Å². The largest absolute Gasteiger partial charge is 0.324 e. The number of hydrogen-bond donors (Lipinski definition) is 1. The Balaban J connectivity index is 2.24. The Kier molecular flexibility index (Phi) is 2.26. The van der Waals surface area contributed by atoms with Crippen LogP contribution in [0.2, 0.25) is 5.02 Å². The zero-order chi connectivity index (χ0) is 9.42. The Labute approximate surface area is 81.7 Å². The van der Waals surface area contributed by atoms with Crippen LogP contribution in [-0.4, -0.2) is 0 Å². The Bertz CT molecular complexity index is 323. The lowest BCUT2D eigenvalue weighted by Crippen LogP contribution is -2.12. The molecule has 0 saturated heterocycles. The summed E-state index contributed by atoms with van der Waals surface area (Å²) in [4.78, 5) is 0. The van der Waals surface area contributed by atoms with Crippen molar-refractivity contribution in [3.63, 3.8) is 0 Å². The normalized spacial score (nSPS) is 18.7. The zero-order valence-corrected chi connectivity index (χ0v) is 7.89. The molecule has 0 radical (unpaired) electrons. The van der Waals surface area contributed by atoms with Gasteiger partial charge in [0.2, 0.25) is 0 Å². The molecule has 1 saturated carbocycles. The monoisotopic (exact) mass is 199 g/mol. The lowest BCUT2D eigenvalue weighted by Gasteiger charge is -2.10. The quantitative estimate of drug-likeness (QED) is 0.779. The number of halogens is 2. The van der Waals surface area contributed by atoms with E-state index in [1.807, 2.05) is 0 Å². The summed E-state index contributed by atoms with van der Waals surface area (Å²) < 4.78 is 13.0. The fourth-order valence-corrected chi connectivity index (χ4v) is 1.56. The molecule has 1 unspecified atom stereocenters. The summed E-state index contributed by atoms with van der Waals surface area (Å²) in [7, 11) is 0. The van der Waals surface area contributed by atoms with Gasteiger partial charge in [0.1, 0.15) is 5.82 Å². The van der Waals surface area contributed by atoms with Gasteiger partial charge in [0.15, 0.2) is 0 Å². The van der Waals surface area contributed by atoms with Crippen molar-refractivity contribution in [2.24, 2.45) is 11.7 Å². The van der Waals surface area contributed by atoms with Crippen molar-refractivity contribution in [1.29, 1.82) is 0 Å². The van der Waals surface area contributed by atoms with Gasteiger partial charge in [-0.25, -0.2) is 4.39 Å². The Morgan fingerprint density at radius 3 is 2.69 bits per heavy atom. The van der Waals surface area contributed by atoms with Gasteiger partial charge in [-0.1, -0.05) is 17.7 Å². The molecule has 2 rings (SSSR count). The topological polar surface area (TPSA) is 26.0 Å². The number of nitrogens with two attached hydrogens (primary N) is 1. The highest BCUT2D eigenvalue weighted by Gasteiger charge is 2.29. The third-order valence-electron chi connectivity index (χ3n) is 2.46. The van der Waals surface area contributed by atoms with E-state index in [0.717, 1.165) is 18.4 Å². The molecular weight excluding hydrogens is 189 g/mol. The third-order valence-corrected chi connectivity index (χ3v) is 2.76. The van der Waals surface area contributed by atoms with Crippen molar-refractivity contribution in [2.75, 3.05) is 0 Å². The second-order valence-electron chi connectivity index (χ2n) is 3.54. The van der Waals surface area contributed by atoms with Crippen LogP contribution in [0.15, 0.2) is 18.2 Å². The fraction of sp³-hybridized carbons (Fsp3) is 0.400. The van der Waals surface area contributed by atoms with Crippen LogP contribution in [0.25, 0.3) is 0 Å². The molecule has 1 aromatic rings. The highest BCUT2D eigenvalue weighted by molar-refractivity contribution is 6.30. The predicted molar refractivity (Wildman–Crippen MR) is 51.1 cm³/mol. The summed E-state index contributed by atoms with van der Waals surface area (Å²) in [5.74, 6) is 0.163. The third kappa shape index (κ3) is 1.84. The average molecular weight is 200 g/mol. The number of benzene rings is 1. The Hall–Kier alpha value is -0.600. The molecular formula is C10H11ClFN. The Morgan fingerprint density at radius 1 is 1.46 bits per heavy atom. The van der Waals surface area contributed by atoms with Crippen LogP contribution >= 0.6 is 11.6 Å². The van der Waals surface area contributed by atoms with Crippen LogP contribution in [0.1, 0.15) is 24.4 Å². The molecule has 13 heavy (non-hydrogen) atoms. The van der Waals surface area contributed by atoms with Gasteiger partial charge in [0.05, 0.1) is 5.02 Å². The fourth-order valence-electron chi connectivity index (χ4n) is 1.45. The summed E-state index contributed by atoms with van der Waals surface area (Å²) in [6.07, 6.45) is 2.32. The van der Waals surface area contributed by atoms with E-state index >= 15 is 0 Å². The van der Waals surface area contributed by atoms with Gasteiger partial charge < -0.3 is 5.73 Å². The second-order valence-corrected chi connectivity index (χ2v) is 3.94. The van der Waals surface area contributed by atoms with E-state index in [1.165, 1.54) is 6.07 Å². The van der Waals surface area contributed by atoms with Crippen LogP contribution in [0, 0.1) is 11.7 Å². The highest BCUT2D eigenvalue weighted by atomic mass is 35.5. The number of hydrogen-bond acceptors (Lipinski definition) is 1. The molecule has 0 heterocycles. The van der Waals surface area contributed by atoms with E-state index in [2.05, 4.69) is 0 Å². The van der Waals surface area contributed by atoms with E-state index in [4.69, 9.17) is 17.3 Å². The van der Waals surface area contributed by atoms with Crippen LogP contribution in [0.5, 0.6) is 0 Å². The van der Waals surface area contributed by atoms with Gasteiger partial charge in [-0.05, 0) is 36.5 Å². The van der Waals surface area contributed by atoms with Gasteiger partial charge in [-0.3, -0.25) is 0 Å². The molecule has 1 nitrogen and oxygen atoms in total. The first-order valence-corrected chi connectivity index (χ1v) is 4.77. The lowest BCUT2D eigenvalue weighted by atomic mass is 10.0. The van der Waals surface area contributed by atoms with Gasteiger partial charge in [-0.2, -0.15) is 0 Å². The smallest absolute Gasteiger partial charge is 0.142 e. The predicted octanol–water partition coefficient (Wildman–Crippen LogP) is 2.89. The van der Waals surface area contributed by atoms with Crippen LogP contribution < -0.4 is 5.73 Å². The van der Waals surface area contributed by atoms with Crippen LogP contribution in [-0.2, 0) is 0 Å². The summed E-state index contributed by atoms with van der Waals surface area (Å²) in [6.45, 7) is 0. The standard InChI is InChI=1S/C10H11ClFN/c11-8-4-3-7(5-9(8)12)10(13)6-1-2-6/h3-6,10H,1-2,13H2. The minimum absolute atomic E-state index is 0.0215. The first-order valence-electron chi connectivity index (χ1n) is 4.39. The highest BCUT2D eigenvalue weighted by Crippen LogP contribution is 2.39. The van der Waals surface area contributed by atoms with Crippen molar-refractivity contribution in [3.8, 4) is 0 Å². The molecule has 1 aliphatic rings. The van der Waals surface area contributed by atoms with Crippen LogP contribution in [0.3, 0.4) is 0 Å². The maximum absolute atomic E-state index is 13.0. The first-order chi connectivity index (χ1) is 6.18. The van der Waals surface area contributed by atoms with E-state index < -0.39 is 0 Å². The molecule has 2 N–H and O–H groups in total. The zero-order valence-electron chi connectivity index (χ0n) is 7.13. The second kappa shape index (κ2) is 3.28. The van der Waals surface area contributed by atoms with Crippen molar-refractivity contribution >= 4 is 11.6 Å². The van der Waals surface area contributed by atoms with E-state index in [9.17, 15) is 4.39 Å². The van der Waals surface area contributed by atoms with E-state index in [1.54, 1.807) is 12.1 Å². The van der Waals surface area contributed by atoms with Gasteiger partial charge in [0, 0.05) is 6.04 Å². The van der Waals surface area contributed by atoms with Gasteiger partial charge in [-0.15, -0.1) is 0 Å². The molecule has 70 valence electrons. The maximum atomic E-state index is 13.0. The van der Waals surface area contributed by atoms with Crippen LogP contribution in [0.4, 0.5) is 4.39 Å². The SMILES string of the molecule is NC(c1ccc(Cl)c(F)c1)C1CC1. The minimum atomic E-state index is -0.379. The van der Waals surface area contributed by atoms with Crippen molar-refractivity contribution in [1.82, 2.24) is 0 Å². The van der Waals surface area contributed by atoms with Crippen molar-refractivity contribution in [2.45, 2.75) is 18.9 Å². The Morgan fingerprint density at radius 2 is 2.15 bits per heavy atom. The van der Waals surface area contributed by atoms with Crippen molar-refractivity contribution < 1.29 is 4.39 Å². The molecule has 1 atom stereocenters. The first kappa shape index (κ1) is 8.97. The molecule has 1 aromatic carbocycles. The molecule has 3 heteroatoms. The minimum Gasteiger partial charge on any atom is -0.324 e. The molecule has 0 amide bonds. The number of rotatable bonds is 2. The molecule has 0 spiro atoms. The molecule has 0 aliphatic heterocycles. The van der Waals surface area contributed by atoms with Gasteiger partial charge in [0.25, 0.3) is 0 Å².